The highest BCUT2D eigenvalue weighted by atomic mass is 19.1. The largest absolute Gasteiger partial charge is 0.390 e. The Balaban J connectivity index is 1.48. The van der Waals surface area contributed by atoms with E-state index < -0.39 is 12.3 Å². The van der Waals surface area contributed by atoms with Gasteiger partial charge in [-0.3, -0.25) is 0 Å². The SMILES string of the molecule is CCC1Nc2cnc(Nc3ccnc(N4CCC(O)C(F)C4)n3)cc2N1. The number of fused-ring (bicyclic) bond motifs is 1. The second-order valence-corrected chi connectivity index (χ2v) is 6.55. The molecule has 2 aliphatic heterocycles. The first-order chi connectivity index (χ1) is 12.6. The zero-order valence-corrected chi connectivity index (χ0v) is 14.5. The van der Waals surface area contributed by atoms with Crippen molar-refractivity contribution in [2.75, 3.05) is 33.9 Å². The van der Waals surface area contributed by atoms with Gasteiger partial charge in [0.05, 0.1) is 36.4 Å². The highest BCUT2D eigenvalue weighted by Crippen LogP contribution is 2.31. The molecule has 4 heterocycles. The average Bonchev–Trinajstić information content (AvgIpc) is 3.07. The Morgan fingerprint density at radius 1 is 1.31 bits per heavy atom. The van der Waals surface area contributed by atoms with Crippen LogP contribution in [0.5, 0.6) is 0 Å². The predicted molar refractivity (Wildman–Crippen MR) is 98.6 cm³/mol. The fourth-order valence-corrected chi connectivity index (χ4v) is 3.15. The molecule has 4 rings (SSSR count). The Hall–Kier alpha value is -2.68. The van der Waals surface area contributed by atoms with Crippen LogP contribution in [0.3, 0.4) is 0 Å². The molecule has 0 aliphatic carbocycles. The third kappa shape index (κ3) is 3.34. The molecule has 3 unspecified atom stereocenters. The summed E-state index contributed by atoms with van der Waals surface area (Å²) in [6, 6.07) is 3.67. The average molecular weight is 359 g/mol. The Morgan fingerprint density at radius 2 is 2.15 bits per heavy atom. The normalized spacial score (nSPS) is 24.6. The molecule has 3 atom stereocenters. The van der Waals surface area contributed by atoms with Crippen LogP contribution in [0.25, 0.3) is 0 Å². The van der Waals surface area contributed by atoms with Crippen molar-refractivity contribution in [1.29, 1.82) is 0 Å². The molecule has 1 saturated heterocycles. The number of anilines is 5. The summed E-state index contributed by atoms with van der Waals surface area (Å²) in [6.45, 7) is 2.72. The van der Waals surface area contributed by atoms with E-state index in [9.17, 15) is 9.50 Å². The zero-order chi connectivity index (χ0) is 18.1. The molecule has 2 aliphatic rings. The summed E-state index contributed by atoms with van der Waals surface area (Å²) < 4.78 is 13.8. The van der Waals surface area contributed by atoms with Crippen LogP contribution in [0.2, 0.25) is 0 Å². The van der Waals surface area contributed by atoms with Gasteiger partial charge < -0.3 is 26.0 Å². The topological polar surface area (TPSA) is 98.2 Å². The summed E-state index contributed by atoms with van der Waals surface area (Å²) in [5.41, 5.74) is 1.97. The summed E-state index contributed by atoms with van der Waals surface area (Å²) in [4.78, 5) is 14.8. The highest BCUT2D eigenvalue weighted by molar-refractivity contribution is 5.77. The number of piperidine rings is 1. The minimum Gasteiger partial charge on any atom is -0.390 e. The van der Waals surface area contributed by atoms with Crippen LogP contribution >= 0.6 is 0 Å². The van der Waals surface area contributed by atoms with Crippen molar-refractivity contribution >= 4 is 29.0 Å². The lowest BCUT2D eigenvalue weighted by atomic mass is 10.1. The molecule has 2 aromatic heterocycles. The van der Waals surface area contributed by atoms with Gasteiger partial charge in [-0.25, -0.2) is 14.4 Å². The molecule has 8 nitrogen and oxygen atoms in total. The molecular weight excluding hydrogens is 337 g/mol. The Morgan fingerprint density at radius 3 is 2.96 bits per heavy atom. The molecule has 26 heavy (non-hydrogen) atoms. The van der Waals surface area contributed by atoms with E-state index in [4.69, 9.17) is 0 Å². The molecule has 138 valence electrons. The fourth-order valence-electron chi connectivity index (χ4n) is 3.15. The Labute approximate surface area is 150 Å². The third-order valence-corrected chi connectivity index (χ3v) is 4.66. The predicted octanol–water partition coefficient (Wildman–Crippen LogP) is 2.10. The maximum atomic E-state index is 13.8. The summed E-state index contributed by atoms with van der Waals surface area (Å²) in [6.07, 6.45) is 2.77. The van der Waals surface area contributed by atoms with Crippen LogP contribution in [0.1, 0.15) is 19.8 Å². The zero-order valence-electron chi connectivity index (χ0n) is 14.5. The molecule has 4 N–H and O–H groups in total. The number of hydrogen-bond acceptors (Lipinski definition) is 8. The van der Waals surface area contributed by atoms with Gasteiger partial charge in [-0.1, -0.05) is 6.92 Å². The Bertz CT molecular complexity index is 789. The summed E-state index contributed by atoms with van der Waals surface area (Å²) in [5, 5.41) is 19.4. The number of aromatic nitrogens is 3. The molecule has 2 aromatic rings. The minimum absolute atomic E-state index is 0.0930. The smallest absolute Gasteiger partial charge is 0.227 e. The maximum absolute atomic E-state index is 13.8. The number of nitrogens with zero attached hydrogens (tertiary/aromatic N) is 4. The van der Waals surface area contributed by atoms with Crippen LogP contribution in [0, 0.1) is 0 Å². The van der Waals surface area contributed by atoms with Gasteiger partial charge in [0.1, 0.15) is 17.8 Å². The van der Waals surface area contributed by atoms with Crippen LogP contribution in [0.4, 0.5) is 33.3 Å². The van der Waals surface area contributed by atoms with Crippen LogP contribution in [0.15, 0.2) is 24.5 Å². The second-order valence-electron chi connectivity index (χ2n) is 6.55. The number of alkyl halides is 1. The van der Waals surface area contributed by atoms with Crippen molar-refractivity contribution in [3.8, 4) is 0 Å². The number of aliphatic hydroxyl groups is 1. The van der Waals surface area contributed by atoms with Crippen molar-refractivity contribution in [2.45, 2.75) is 38.2 Å². The van der Waals surface area contributed by atoms with E-state index in [-0.39, 0.29) is 12.7 Å². The number of aliphatic hydroxyl groups excluding tert-OH is 1. The molecule has 0 bridgehead atoms. The Kier molecular flexibility index (Phi) is 4.46. The first-order valence-corrected chi connectivity index (χ1v) is 8.82. The molecule has 0 spiro atoms. The summed E-state index contributed by atoms with van der Waals surface area (Å²) in [7, 11) is 0. The molecule has 0 aromatic carbocycles. The maximum Gasteiger partial charge on any atom is 0.227 e. The number of nitrogens with one attached hydrogen (secondary N) is 3. The lowest BCUT2D eigenvalue weighted by Crippen LogP contribution is -2.45. The molecular formula is C17H22FN7O. The summed E-state index contributed by atoms with van der Waals surface area (Å²) >= 11 is 0. The van der Waals surface area contributed by atoms with Crippen molar-refractivity contribution in [3.05, 3.63) is 24.5 Å². The van der Waals surface area contributed by atoms with Crippen LogP contribution in [-0.4, -0.2) is 51.6 Å². The van der Waals surface area contributed by atoms with Crippen LogP contribution in [-0.2, 0) is 0 Å². The lowest BCUT2D eigenvalue weighted by Gasteiger charge is -2.32. The number of pyridine rings is 1. The van der Waals surface area contributed by atoms with Gasteiger partial charge in [-0.15, -0.1) is 0 Å². The van der Waals surface area contributed by atoms with E-state index >= 15 is 0 Å². The molecule has 0 saturated carbocycles. The summed E-state index contributed by atoms with van der Waals surface area (Å²) in [5.74, 6) is 1.69. The van der Waals surface area contributed by atoms with Gasteiger partial charge in [-0.2, -0.15) is 4.98 Å². The van der Waals surface area contributed by atoms with Gasteiger partial charge in [0.2, 0.25) is 5.95 Å². The van der Waals surface area contributed by atoms with E-state index in [1.54, 1.807) is 23.4 Å². The van der Waals surface area contributed by atoms with Crippen LogP contribution < -0.4 is 20.9 Å². The van der Waals surface area contributed by atoms with E-state index in [0.29, 0.717) is 30.5 Å². The van der Waals surface area contributed by atoms with E-state index in [2.05, 4.69) is 37.8 Å². The van der Waals surface area contributed by atoms with Crippen molar-refractivity contribution in [3.63, 3.8) is 0 Å². The second kappa shape index (κ2) is 6.91. The van der Waals surface area contributed by atoms with Gasteiger partial charge >= 0.3 is 0 Å². The minimum atomic E-state index is -1.28. The number of rotatable bonds is 4. The molecule has 1 fully saturated rings. The van der Waals surface area contributed by atoms with Crippen molar-refractivity contribution in [2.24, 2.45) is 0 Å². The van der Waals surface area contributed by atoms with E-state index in [1.165, 1.54) is 0 Å². The fraction of sp³-hybridized carbons (Fsp3) is 0.471. The van der Waals surface area contributed by atoms with Gasteiger partial charge in [0.15, 0.2) is 0 Å². The first-order valence-electron chi connectivity index (χ1n) is 8.82. The van der Waals surface area contributed by atoms with Gasteiger partial charge in [0.25, 0.3) is 0 Å². The van der Waals surface area contributed by atoms with Gasteiger partial charge in [-0.05, 0) is 18.9 Å². The quantitative estimate of drug-likeness (QED) is 0.659. The number of halogens is 1. The standard InChI is InChI=1S/C17H22FN7O/c1-2-14-21-11-7-16(20-8-12(11)22-14)23-15-3-5-19-17(24-15)25-6-4-13(26)10(18)9-25/h3,5,7-8,10,13-14,21-22,26H,2,4,6,9H2,1H3,(H,19,20,23,24). The third-order valence-electron chi connectivity index (χ3n) is 4.66. The molecule has 0 radical (unpaired) electrons. The molecule has 9 heteroatoms. The van der Waals surface area contributed by atoms with E-state index in [1.807, 2.05) is 6.07 Å². The van der Waals surface area contributed by atoms with E-state index in [0.717, 1.165) is 17.8 Å². The monoisotopic (exact) mass is 359 g/mol. The van der Waals surface area contributed by atoms with Gasteiger partial charge in [0, 0.05) is 18.8 Å². The van der Waals surface area contributed by atoms with Crippen molar-refractivity contribution in [1.82, 2.24) is 15.0 Å². The molecule has 0 amide bonds. The highest BCUT2D eigenvalue weighted by Gasteiger charge is 2.28. The first kappa shape index (κ1) is 16.8. The van der Waals surface area contributed by atoms with Crippen molar-refractivity contribution < 1.29 is 9.50 Å². The lowest BCUT2D eigenvalue weighted by molar-refractivity contribution is 0.0612. The number of hydrogen-bond donors (Lipinski definition) is 4.